The Hall–Kier alpha value is -1.51. The van der Waals surface area contributed by atoms with Crippen molar-refractivity contribution >= 4 is 6.29 Å². The molecule has 0 spiro atoms. The molecule has 0 fully saturated rings. The third kappa shape index (κ3) is 4.40. The van der Waals surface area contributed by atoms with Gasteiger partial charge in [-0.15, -0.1) is 0 Å². The molecule has 0 atom stereocenters. The Morgan fingerprint density at radius 2 is 1.50 bits per heavy atom. The summed E-state index contributed by atoms with van der Waals surface area (Å²) in [7, 11) is 0. The normalized spacial score (nSPS) is 10.1. The fourth-order valence-corrected chi connectivity index (χ4v) is 1.54. The van der Waals surface area contributed by atoms with Crippen molar-refractivity contribution in [3.05, 3.63) is 23.8 Å². The van der Waals surface area contributed by atoms with Crippen LogP contribution in [0.1, 0.15) is 49.9 Å². The highest BCUT2D eigenvalue weighted by molar-refractivity contribution is 5.83. The minimum atomic E-state index is 0.518. The molecule has 1 aromatic rings. The lowest BCUT2D eigenvalue weighted by Crippen LogP contribution is -2.03. The van der Waals surface area contributed by atoms with Gasteiger partial charge in [0.1, 0.15) is 11.5 Å². The average molecular weight is 250 g/mol. The maximum Gasteiger partial charge on any atom is 0.157 e. The van der Waals surface area contributed by atoms with E-state index in [4.69, 9.17) is 9.47 Å². The molecule has 0 unspecified atom stereocenters. The molecule has 0 aliphatic rings. The van der Waals surface area contributed by atoms with Crippen LogP contribution >= 0.6 is 0 Å². The van der Waals surface area contributed by atoms with Crippen LogP contribution in [0.2, 0.25) is 0 Å². The molecule has 0 amide bonds. The summed E-state index contributed by atoms with van der Waals surface area (Å²) in [6.45, 7) is 5.48. The Kier molecular flexibility index (Phi) is 6.92. The van der Waals surface area contributed by atoms with Crippen LogP contribution in [0, 0.1) is 0 Å². The van der Waals surface area contributed by atoms with Gasteiger partial charge in [0, 0.05) is 0 Å². The Labute approximate surface area is 109 Å². The fourth-order valence-electron chi connectivity index (χ4n) is 1.54. The lowest BCUT2D eigenvalue weighted by molar-refractivity contribution is 0.111. The number of aldehydes is 1. The van der Waals surface area contributed by atoms with Gasteiger partial charge in [-0.2, -0.15) is 0 Å². The van der Waals surface area contributed by atoms with E-state index >= 15 is 0 Å². The first-order chi connectivity index (χ1) is 8.83. The first-order valence-corrected chi connectivity index (χ1v) is 6.67. The second-order valence-corrected chi connectivity index (χ2v) is 4.19. The van der Waals surface area contributed by atoms with Crippen molar-refractivity contribution in [3.8, 4) is 11.5 Å². The zero-order valence-electron chi connectivity index (χ0n) is 11.3. The van der Waals surface area contributed by atoms with E-state index in [0.717, 1.165) is 32.0 Å². The molecule has 0 aromatic heterocycles. The van der Waals surface area contributed by atoms with Crippen LogP contribution in [0.3, 0.4) is 0 Å². The van der Waals surface area contributed by atoms with E-state index in [9.17, 15) is 4.79 Å². The van der Waals surface area contributed by atoms with Crippen molar-refractivity contribution in [2.24, 2.45) is 0 Å². The molecule has 0 N–H and O–H groups in total. The average Bonchev–Trinajstić information content (AvgIpc) is 2.39. The van der Waals surface area contributed by atoms with Gasteiger partial charge in [-0.05, 0) is 25.0 Å². The molecule has 1 aromatic carbocycles. The molecule has 100 valence electrons. The van der Waals surface area contributed by atoms with E-state index in [1.54, 1.807) is 0 Å². The second-order valence-electron chi connectivity index (χ2n) is 4.19. The van der Waals surface area contributed by atoms with E-state index in [-0.39, 0.29) is 0 Å². The molecule has 0 bridgehead atoms. The van der Waals surface area contributed by atoms with E-state index in [1.165, 1.54) is 0 Å². The molecule has 3 heteroatoms. The Morgan fingerprint density at radius 3 is 1.89 bits per heavy atom. The SMILES string of the molecule is CCCCOc1cccc(OCCCC)c1C=O. The molecule has 0 saturated heterocycles. The van der Waals surface area contributed by atoms with Gasteiger partial charge in [0.2, 0.25) is 0 Å². The fraction of sp³-hybridized carbons (Fsp3) is 0.533. The zero-order chi connectivity index (χ0) is 13.2. The van der Waals surface area contributed by atoms with Gasteiger partial charge >= 0.3 is 0 Å². The van der Waals surface area contributed by atoms with E-state index < -0.39 is 0 Å². The maximum atomic E-state index is 11.2. The van der Waals surface area contributed by atoms with Gasteiger partial charge in [0.25, 0.3) is 0 Å². The standard InChI is InChI=1S/C15H22O3/c1-3-5-10-17-14-8-7-9-15(13(14)12-16)18-11-6-4-2/h7-9,12H,3-6,10-11H2,1-2H3. The Morgan fingerprint density at radius 1 is 1.00 bits per heavy atom. The van der Waals surface area contributed by atoms with Crippen LogP contribution < -0.4 is 9.47 Å². The van der Waals surface area contributed by atoms with Gasteiger partial charge in [0.15, 0.2) is 6.29 Å². The van der Waals surface area contributed by atoms with Crippen molar-refractivity contribution in [3.63, 3.8) is 0 Å². The molecule has 3 nitrogen and oxygen atoms in total. The maximum absolute atomic E-state index is 11.2. The first kappa shape index (κ1) is 14.6. The van der Waals surface area contributed by atoms with Crippen LogP contribution in [-0.4, -0.2) is 19.5 Å². The number of benzene rings is 1. The summed E-state index contributed by atoms with van der Waals surface area (Å²) in [6.07, 6.45) is 4.92. The number of hydrogen-bond donors (Lipinski definition) is 0. The molecule has 18 heavy (non-hydrogen) atoms. The van der Waals surface area contributed by atoms with Gasteiger partial charge in [0.05, 0.1) is 18.8 Å². The van der Waals surface area contributed by atoms with Gasteiger partial charge in [-0.25, -0.2) is 0 Å². The summed E-state index contributed by atoms with van der Waals surface area (Å²) in [5.41, 5.74) is 0.518. The number of unbranched alkanes of at least 4 members (excludes halogenated alkanes) is 2. The van der Waals surface area contributed by atoms with Crippen molar-refractivity contribution in [2.45, 2.75) is 39.5 Å². The highest BCUT2D eigenvalue weighted by Crippen LogP contribution is 2.27. The van der Waals surface area contributed by atoms with Crippen LogP contribution in [-0.2, 0) is 0 Å². The van der Waals surface area contributed by atoms with Crippen LogP contribution in [0.15, 0.2) is 18.2 Å². The summed E-state index contributed by atoms with van der Waals surface area (Å²) in [5, 5.41) is 0. The smallest absolute Gasteiger partial charge is 0.157 e. The van der Waals surface area contributed by atoms with Gasteiger partial charge in [-0.3, -0.25) is 4.79 Å². The summed E-state index contributed by atoms with van der Waals surface area (Å²) >= 11 is 0. The van der Waals surface area contributed by atoms with Crippen LogP contribution in [0.25, 0.3) is 0 Å². The number of carbonyl (C=O) groups is 1. The van der Waals surface area contributed by atoms with Crippen molar-refractivity contribution < 1.29 is 14.3 Å². The molecule has 0 aliphatic heterocycles. The monoisotopic (exact) mass is 250 g/mol. The highest BCUT2D eigenvalue weighted by Gasteiger charge is 2.09. The molecule has 1 rings (SSSR count). The van der Waals surface area contributed by atoms with E-state index in [2.05, 4.69) is 13.8 Å². The van der Waals surface area contributed by atoms with E-state index in [1.807, 2.05) is 18.2 Å². The third-order valence-electron chi connectivity index (χ3n) is 2.65. The lowest BCUT2D eigenvalue weighted by Gasteiger charge is -2.12. The Balaban J connectivity index is 2.71. The summed E-state index contributed by atoms with van der Waals surface area (Å²) < 4.78 is 11.2. The number of hydrogen-bond acceptors (Lipinski definition) is 3. The van der Waals surface area contributed by atoms with E-state index in [0.29, 0.717) is 30.3 Å². The topological polar surface area (TPSA) is 35.5 Å². The second kappa shape index (κ2) is 8.56. The van der Waals surface area contributed by atoms with Gasteiger partial charge in [-0.1, -0.05) is 32.8 Å². The summed E-state index contributed by atoms with van der Waals surface area (Å²) in [5.74, 6) is 1.24. The number of rotatable bonds is 9. The lowest BCUT2D eigenvalue weighted by atomic mass is 10.2. The van der Waals surface area contributed by atoms with Gasteiger partial charge < -0.3 is 9.47 Å². The molecule has 0 aliphatic carbocycles. The summed E-state index contributed by atoms with van der Waals surface area (Å²) in [4.78, 5) is 11.2. The molecule has 0 radical (unpaired) electrons. The minimum Gasteiger partial charge on any atom is -0.493 e. The van der Waals surface area contributed by atoms with Crippen LogP contribution in [0.4, 0.5) is 0 Å². The van der Waals surface area contributed by atoms with Crippen molar-refractivity contribution in [1.82, 2.24) is 0 Å². The molecule has 0 heterocycles. The molecular formula is C15H22O3. The van der Waals surface area contributed by atoms with Crippen molar-refractivity contribution in [1.29, 1.82) is 0 Å². The zero-order valence-corrected chi connectivity index (χ0v) is 11.3. The molecule has 0 saturated carbocycles. The number of ether oxygens (including phenoxy) is 2. The first-order valence-electron chi connectivity index (χ1n) is 6.67. The predicted molar refractivity (Wildman–Crippen MR) is 72.6 cm³/mol. The number of carbonyl (C=O) groups excluding carboxylic acids is 1. The third-order valence-corrected chi connectivity index (χ3v) is 2.65. The molecular weight excluding hydrogens is 228 g/mol. The predicted octanol–water partition coefficient (Wildman–Crippen LogP) is 3.86. The highest BCUT2D eigenvalue weighted by atomic mass is 16.5. The minimum absolute atomic E-state index is 0.518. The van der Waals surface area contributed by atoms with Crippen LogP contribution in [0.5, 0.6) is 11.5 Å². The summed E-state index contributed by atoms with van der Waals surface area (Å²) in [6, 6.07) is 5.48. The Bertz CT molecular complexity index is 333. The quantitative estimate of drug-likeness (QED) is 0.493. The largest absolute Gasteiger partial charge is 0.493 e. The van der Waals surface area contributed by atoms with Crippen molar-refractivity contribution in [2.75, 3.05) is 13.2 Å².